The third kappa shape index (κ3) is 3.05. The number of aromatic nitrogens is 2. The fourth-order valence-electron chi connectivity index (χ4n) is 1.73. The van der Waals surface area contributed by atoms with Gasteiger partial charge >= 0.3 is 0 Å². The Labute approximate surface area is 119 Å². The lowest BCUT2D eigenvalue weighted by atomic mass is 10.2. The zero-order valence-corrected chi connectivity index (χ0v) is 11.3. The average molecular weight is 286 g/mol. The van der Waals surface area contributed by atoms with Crippen LogP contribution in [0.2, 0.25) is 0 Å². The molecule has 0 spiro atoms. The van der Waals surface area contributed by atoms with Crippen molar-refractivity contribution in [1.82, 2.24) is 10.2 Å². The number of benzene rings is 2. The summed E-state index contributed by atoms with van der Waals surface area (Å²) in [6.45, 7) is 0. The van der Waals surface area contributed by atoms with E-state index in [0.717, 1.165) is 5.75 Å². The Morgan fingerprint density at radius 3 is 2.65 bits per heavy atom. The van der Waals surface area contributed by atoms with Crippen LogP contribution in [0, 0.1) is 5.82 Å². The van der Waals surface area contributed by atoms with Crippen molar-refractivity contribution in [1.29, 1.82) is 0 Å². The van der Waals surface area contributed by atoms with E-state index in [-0.39, 0.29) is 5.82 Å². The van der Waals surface area contributed by atoms with Gasteiger partial charge in [0.2, 0.25) is 5.89 Å². The van der Waals surface area contributed by atoms with Gasteiger partial charge in [0.05, 0.1) is 0 Å². The van der Waals surface area contributed by atoms with E-state index in [1.807, 2.05) is 30.3 Å². The van der Waals surface area contributed by atoms with E-state index in [4.69, 9.17) is 4.42 Å². The summed E-state index contributed by atoms with van der Waals surface area (Å²) in [7, 11) is 0. The van der Waals surface area contributed by atoms with E-state index < -0.39 is 0 Å². The third-order valence-electron chi connectivity index (χ3n) is 2.68. The molecule has 0 aliphatic carbocycles. The number of hydrogen-bond acceptors (Lipinski definition) is 4. The Kier molecular flexibility index (Phi) is 3.78. The highest BCUT2D eigenvalue weighted by Crippen LogP contribution is 2.25. The minimum atomic E-state index is -0.320. The van der Waals surface area contributed by atoms with Crippen molar-refractivity contribution in [3.8, 4) is 11.5 Å². The summed E-state index contributed by atoms with van der Waals surface area (Å²) in [4.78, 5) is 0. The predicted octanol–water partition coefficient (Wildman–Crippen LogP) is 4.17. The zero-order valence-electron chi connectivity index (χ0n) is 10.5. The molecule has 0 radical (unpaired) electrons. The summed E-state index contributed by atoms with van der Waals surface area (Å²) < 4.78 is 18.7. The topological polar surface area (TPSA) is 38.9 Å². The van der Waals surface area contributed by atoms with Gasteiger partial charge in [0.15, 0.2) is 0 Å². The SMILES string of the molecule is Fc1cccc(-c2nnc(SCc3ccccc3)o2)c1. The van der Waals surface area contributed by atoms with Crippen LogP contribution in [0.5, 0.6) is 0 Å². The molecule has 0 atom stereocenters. The molecule has 5 heteroatoms. The second kappa shape index (κ2) is 5.88. The number of halogens is 1. The van der Waals surface area contributed by atoms with Gasteiger partial charge in [0, 0.05) is 11.3 Å². The molecular weight excluding hydrogens is 275 g/mol. The molecule has 0 aliphatic rings. The first kappa shape index (κ1) is 12.9. The predicted molar refractivity (Wildman–Crippen MR) is 75.7 cm³/mol. The van der Waals surface area contributed by atoms with Crippen LogP contribution in [0.15, 0.2) is 64.2 Å². The van der Waals surface area contributed by atoms with Gasteiger partial charge in [-0.2, -0.15) is 0 Å². The number of hydrogen-bond donors (Lipinski definition) is 0. The molecule has 0 saturated carbocycles. The molecule has 0 saturated heterocycles. The second-order valence-electron chi connectivity index (χ2n) is 4.16. The molecule has 0 N–H and O–H groups in total. The third-order valence-corrected chi connectivity index (χ3v) is 3.57. The van der Waals surface area contributed by atoms with E-state index in [2.05, 4.69) is 10.2 Å². The highest BCUT2D eigenvalue weighted by Gasteiger charge is 2.09. The molecule has 0 amide bonds. The minimum absolute atomic E-state index is 0.320. The molecule has 3 aromatic rings. The summed E-state index contributed by atoms with van der Waals surface area (Å²) in [6, 6.07) is 16.1. The van der Waals surface area contributed by atoms with E-state index in [1.54, 1.807) is 12.1 Å². The van der Waals surface area contributed by atoms with Crippen molar-refractivity contribution in [3.05, 3.63) is 66.0 Å². The van der Waals surface area contributed by atoms with E-state index >= 15 is 0 Å². The number of rotatable bonds is 4. The van der Waals surface area contributed by atoms with Crippen LogP contribution in [0.25, 0.3) is 11.5 Å². The fourth-order valence-corrected chi connectivity index (χ4v) is 2.44. The van der Waals surface area contributed by atoms with Crippen molar-refractivity contribution in [2.45, 2.75) is 11.0 Å². The molecule has 1 aromatic heterocycles. The van der Waals surface area contributed by atoms with Crippen molar-refractivity contribution < 1.29 is 8.81 Å². The molecular formula is C15H11FN2OS. The van der Waals surface area contributed by atoms with E-state index in [9.17, 15) is 4.39 Å². The molecule has 2 aromatic carbocycles. The Balaban J connectivity index is 1.71. The first-order valence-electron chi connectivity index (χ1n) is 6.07. The normalized spacial score (nSPS) is 10.7. The highest BCUT2D eigenvalue weighted by molar-refractivity contribution is 7.98. The average Bonchev–Trinajstić information content (AvgIpc) is 2.95. The number of thioether (sulfide) groups is 1. The number of nitrogens with zero attached hydrogens (tertiary/aromatic N) is 2. The Morgan fingerprint density at radius 2 is 1.85 bits per heavy atom. The first-order chi connectivity index (χ1) is 9.81. The van der Waals surface area contributed by atoms with Crippen molar-refractivity contribution in [2.75, 3.05) is 0 Å². The van der Waals surface area contributed by atoms with Gasteiger partial charge in [-0.1, -0.05) is 48.2 Å². The maximum absolute atomic E-state index is 13.1. The Morgan fingerprint density at radius 1 is 1.00 bits per heavy atom. The molecule has 3 rings (SSSR count). The van der Waals surface area contributed by atoms with E-state index in [1.165, 1.54) is 29.5 Å². The monoisotopic (exact) mass is 286 g/mol. The van der Waals surface area contributed by atoms with Gasteiger partial charge in [0.1, 0.15) is 5.82 Å². The van der Waals surface area contributed by atoms with Crippen LogP contribution >= 0.6 is 11.8 Å². The molecule has 0 aliphatic heterocycles. The van der Waals surface area contributed by atoms with Gasteiger partial charge in [-0.05, 0) is 23.8 Å². The van der Waals surface area contributed by atoms with Crippen LogP contribution < -0.4 is 0 Å². The molecule has 0 fully saturated rings. The molecule has 3 nitrogen and oxygen atoms in total. The van der Waals surface area contributed by atoms with Gasteiger partial charge in [-0.3, -0.25) is 0 Å². The van der Waals surface area contributed by atoms with Crippen LogP contribution in [0.4, 0.5) is 4.39 Å². The van der Waals surface area contributed by atoms with Crippen molar-refractivity contribution in [2.24, 2.45) is 0 Å². The lowest BCUT2D eigenvalue weighted by Gasteiger charge is -1.97. The molecule has 1 heterocycles. The van der Waals surface area contributed by atoms with Crippen LogP contribution in [0.3, 0.4) is 0 Å². The maximum atomic E-state index is 13.1. The van der Waals surface area contributed by atoms with Crippen LogP contribution in [0.1, 0.15) is 5.56 Å². The Hall–Kier alpha value is -2.14. The summed E-state index contributed by atoms with van der Waals surface area (Å²) >= 11 is 1.46. The summed E-state index contributed by atoms with van der Waals surface area (Å²) in [5, 5.41) is 8.38. The zero-order chi connectivity index (χ0) is 13.8. The molecule has 100 valence electrons. The van der Waals surface area contributed by atoms with Gasteiger partial charge in [0.25, 0.3) is 5.22 Å². The lowest BCUT2D eigenvalue weighted by Crippen LogP contribution is -1.79. The standard InChI is InChI=1S/C15H11FN2OS/c16-13-8-4-7-12(9-13)14-17-18-15(19-14)20-10-11-5-2-1-3-6-11/h1-9H,10H2. The Bertz CT molecular complexity index is 700. The molecule has 20 heavy (non-hydrogen) atoms. The first-order valence-corrected chi connectivity index (χ1v) is 7.06. The maximum Gasteiger partial charge on any atom is 0.277 e. The minimum Gasteiger partial charge on any atom is -0.411 e. The van der Waals surface area contributed by atoms with Crippen molar-refractivity contribution >= 4 is 11.8 Å². The summed E-state index contributed by atoms with van der Waals surface area (Å²) in [5.74, 6) is 0.769. The van der Waals surface area contributed by atoms with Gasteiger partial charge in [-0.15, -0.1) is 10.2 Å². The summed E-state index contributed by atoms with van der Waals surface area (Å²) in [6.07, 6.45) is 0. The fraction of sp³-hybridized carbons (Fsp3) is 0.0667. The smallest absolute Gasteiger partial charge is 0.277 e. The van der Waals surface area contributed by atoms with Gasteiger partial charge < -0.3 is 4.42 Å². The molecule has 0 unspecified atom stereocenters. The highest BCUT2D eigenvalue weighted by atomic mass is 32.2. The summed E-state index contributed by atoms with van der Waals surface area (Å²) in [5.41, 5.74) is 1.77. The van der Waals surface area contributed by atoms with Crippen LogP contribution in [-0.2, 0) is 5.75 Å². The van der Waals surface area contributed by atoms with Crippen LogP contribution in [-0.4, -0.2) is 10.2 Å². The lowest BCUT2D eigenvalue weighted by molar-refractivity contribution is 0.465. The van der Waals surface area contributed by atoms with Gasteiger partial charge in [-0.25, -0.2) is 4.39 Å². The second-order valence-corrected chi connectivity index (χ2v) is 5.08. The molecule has 0 bridgehead atoms. The van der Waals surface area contributed by atoms with Crippen molar-refractivity contribution in [3.63, 3.8) is 0 Å². The largest absolute Gasteiger partial charge is 0.411 e. The quantitative estimate of drug-likeness (QED) is 0.675. The van der Waals surface area contributed by atoms with E-state index in [0.29, 0.717) is 16.7 Å².